The van der Waals surface area contributed by atoms with Crippen molar-refractivity contribution in [3.63, 3.8) is 0 Å². The van der Waals surface area contributed by atoms with E-state index in [1.54, 1.807) is 0 Å². The first kappa shape index (κ1) is 41.6. The molecule has 2 nitrogen and oxygen atoms in total. The van der Waals surface area contributed by atoms with E-state index in [1.807, 2.05) is 22.7 Å². The molecule has 0 aliphatic heterocycles. The molecule has 0 bridgehead atoms. The van der Waals surface area contributed by atoms with Crippen molar-refractivity contribution in [2.24, 2.45) is 0 Å². The Kier molecular flexibility index (Phi) is 10.6. The van der Waals surface area contributed by atoms with Crippen LogP contribution < -0.4 is 9.80 Å². The van der Waals surface area contributed by atoms with Crippen molar-refractivity contribution in [2.75, 3.05) is 9.80 Å². The van der Waals surface area contributed by atoms with Crippen LogP contribution in [0.15, 0.2) is 267 Å². The van der Waals surface area contributed by atoms with E-state index in [-0.39, 0.29) is 0 Å². The Morgan fingerprint density at radius 3 is 0.957 bits per heavy atom. The summed E-state index contributed by atoms with van der Waals surface area (Å²) < 4.78 is 5.13. The molecule has 0 N–H and O–H groups in total. The highest BCUT2D eigenvalue weighted by Crippen LogP contribution is 2.49. The summed E-state index contributed by atoms with van der Waals surface area (Å²) in [4.78, 5) is 4.81. The van der Waals surface area contributed by atoms with Crippen LogP contribution in [0.25, 0.3) is 84.9 Å². The van der Waals surface area contributed by atoms with Gasteiger partial charge in [0.25, 0.3) is 0 Å². The minimum Gasteiger partial charge on any atom is -0.310 e. The fourth-order valence-electron chi connectivity index (χ4n) is 10.1. The van der Waals surface area contributed by atoms with Crippen molar-refractivity contribution in [2.45, 2.75) is 0 Å². The van der Waals surface area contributed by atoms with Gasteiger partial charge in [-0.1, -0.05) is 176 Å². The molecular formula is C66H44N2S2. The van der Waals surface area contributed by atoms with Gasteiger partial charge in [-0.2, -0.15) is 0 Å². The Morgan fingerprint density at radius 2 is 0.543 bits per heavy atom. The molecule has 0 aliphatic rings. The third kappa shape index (κ3) is 7.61. The summed E-state index contributed by atoms with van der Waals surface area (Å²) in [5.41, 5.74) is 16.2. The number of anilines is 6. The van der Waals surface area contributed by atoms with Crippen molar-refractivity contribution in [3.8, 4) is 44.5 Å². The first-order valence-corrected chi connectivity index (χ1v) is 25.4. The summed E-state index contributed by atoms with van der Waals surface area (Å²) in [5.74, 6) is 0. The van der Waals surface area contributed by atoms with Gasteiger partial charge in [-0.3, -0.25) is 0 Å². The lowest BCUT2D eigenvalue weighted by Crippen LogP contribution is -2.10. The fourth-order valence-corrected chi connectivity index (χ4v) is 12.5. The Morgan fingerprint density at radius 1 is 0.214 bits per heavy atom. The Bertz CT molecular complexity index is 3720. The molecule has 0 radical (unpaired) electrons. The average molecular weight is 929 g/mol. The van der Waals surface area contributed by atoms with Gasteiger partial charge in [0.1, 0.15) is 0 Å². The molecule has 11 aromatic carbocycles. The molecule has 0 fully saturated rings. The van der Waals surface area contributed by atoms with Crippen LogP contribution in [0.4, 0.5) is 34.1 Å². The highest BCUT2D eigenvalue weighted by Gasteiger charge is 2.22. The third-order valence-corrected chi connectivity index (χ3v) is 15.9. The topological polar surface area (TPSA) is 6.48 Å². The zero-order valence-corrected chi connectivity index (χ0v) is 39.7. The van der Waals surface area contributed by atoms with Crippen molar-refractivity contribution in [1.82, 2.24) is 0 Å². The molecule has 0 unspecified atom stereocenters. The number of nitrogens with zero attached hydrogens (tertiary/aromatic N) is 2. The van der Waals surface area contributed by atoms with E-state index < -0.39 is 0 Å². The Hall–Kier alpha value is -8.54. The molecular weight excluding hydrogens is 885 g/mol. The Balaban J connectivity index is 0.997. The number of fused-ring (bicyclic) bond motifs is 6. The normalized spacial score (nSPS) is 11.4. The van der Waals surface area contributed by atoms with Crippen LogP contribution in [0.3, 0.4) is 0 Å². The molecule has 13 rings (SSSR count). The van der Waals surface area contributed by atoms with E-state index in [4.69, 9.17) is 0 Å². The van der Waals surface area contributed by atoms with Crippen molar-refractivity contribution in [1.29, 1.82) is 0 Å². The molecule has 4 heteroatoms. The maximum absolute atomic E-state index is 2.43. The molecule has 13 aromatic rings. The second-order valence-corrected chi connectivity index (χ2v) is 19.8. The largest absolute Gasteiger partial charge is 0.310 e. The van der Waals surface area contributed by atoms with Gasteiger partial charge in [-0.25, -0.2) is 0 Å². The fraction of sp³-hybridized carbons (Fsp3) is 0. The summed E-state index contributed by atoms with van der Waals surface area (Å²) in [6.07, 6.45) is 0. The van der Waals surface area contributed by atoms with Gasteiger partial charge in [0.2, 0.25) is 0 Å². The average Bonchev–Trinajstić information content (AvgIpc) is 4.01. The molecule has 0 amide bonds. The number of para-hydroxylation sites is 2. The van der Waals surface area contributed by atoms with Crippen LogP contribution in [0.2, 0.25) is 0 Å². The SMILES string of the molecule is c1ccc(-c2ccc(N(c3ccccc3)c3cc(-c4cccc(-c5cc(N(c6ccccc6)c6ccc(-c7ccccc7)cc6)cc6c5sc5ccccc56)c4)c4sc5ccccc5c4c3)cc2)cc1. The lowest BCUT2D eigenvalue weighted by atomic mass is 9.95. The van der Waals surface area contributed by atoms with Crippen molar-refractivity contribution >= 4 is 97.1 Å². The molecule has 2 heterocycles. The van der Waals surface area contributed by atoms with E-state index in [9.17, 15) is 0 Å². The molecule has 0 saturated carbocycles. The third-order valence-electron chi connectivity index (χ3n) is 13.4. The molecule has 2 aromatic heterocycles. The monoisotopic (exact) mass is 928 g/mol. The van der Waals surface area contributed by atoms with Gasteiger partial charge in [0.15, 0.2) is 0 Å². The lowest BCUT2D eigenvalue weighted by molar-refractivity contribution is 1.29. The Labute approximate surface area is 415 Å². The first-order chi connectivity index (χ1) is 34.7. The van der Waals surface area contributed by atoms with E-state index in [0.29, 0.717) is 0 Å². The van der Waals surface area contributed by atoms with Crippen LogP contribution in [0.5, 0.6) is 0 Å². The zero-order valence-electron chi connectivity index (χ0n) is 38.1. The highest BCUT2D eigenvalue weighted by atomic mass is 32.1. The number of benzene rings is 11. The van der Waals surface area contributed by atoms with Gasteiger partial charge < -0.3 is 9.80 Å². The van der Waals surface area contributed by atoms with Crippen LogP contribution >= 0.6 is 22.7 Å². The molecule has 0 atom stereocenters. The number of hydrogen-bond donors (Lipinski definition) is 0. The minimum atomic E-state index is 1.10. The van der Waals surface area contributed by atoms with Gasteiger partial charge in [0, 0.05) is 85.6 Å². The van der Waals surface area contributed by atoms with E-state index in [1.165, 1.54) is 84.9 Å². The summed E-state index contributed by atoms with van der Waals surface area (Å²) in [5, 5.41) is 5.05. The smallest absolute Gasteiger partial charge is 0.0475 e. The van der Waals surface area contributed by atoms with E-state index in [2.05, 4.69) is 277 Å². The van der Waals surface area contributed by atoms with Crippen LogP contribution in [0.1, 0.15) is 0 Å². The quantitative estimate of drug-likeness (QED) is 0.135. The summed E-state index contributed by atoms with van der Waals surface area (Å²) in [7, 11) is 0. The molecule has 330 valence electrons. The summed E-state index contributed by atoms with van der Waals surface area (Å²) >= 11 is 3.76. The predicted octanol–water partition coefficient (Wildman–Crippen LogP) is 20.0. The highest BCUT2D eigenvalue weighted by molar-refractivity contribution is 7.26. The molecule has 0 spiro atoms. The zero-order chi connectivity index (χ0) is 46.4. The van der Waals surface area contributed by atoms with Gasteiger partial charge in [-0.05, 0) is 124 Å². The second kappa shape index (κ2) is 17.8. The van der Waals surface area contributed by atoms with Gasteiger partial charge >= 0.3 is 0 Å². The number of hydrogen-bond acceptors (Lipinski definition) is 4. The van der Waals surface area contributed by atoms with E-state index in [0.717, 1.165) is 34.1 Å². The first-order valence-electron chi connectivity index (χ1n) is 23.7. The second-order valence-electron chi connectivity index (χ2n) is 17.7. The minimum absolute atomic E-state index is 1.10. The summed E-state index contributed by atoms with van der Waals surface area (Å²) in [6, 6.07) is 97.4. The molecule has 70 heavy (non-hydrogen) atoms. The molecule has 0 aliphatic carbocycles. The standard InChI is InChI=1S/C66H44N2S2/c1-5-18-45(19-6-1)47-32-36-53(37-33-47)67(51-24-9-3-10-25-51)55-41-59(65-61(43-55)57-28-13-15-30-63(57)69-65)49-22-17-23-50(40-49)60-42-56(44-62-58-29-14-16-31-64(58)70-66(60)62)68(52-26-11-4-12-27-52)54-38-34-48(35-39-54)46-20-7-2-8-21-46/h1-44H. The van der Waals surface area contributed by atoms with Gasteiger partial charge in [0.05, 0.1) is 0 Å². The number of thiophene rings is 2. The van der Waals surface area contributed by atoms with Crippen LogP contribution in [0, 0.1) is 0 Å². The van der Waals surface area contributed by atoms with Crippen molar-refractivity contribution in [3.05, 3.63) is 267 Å². The van der Waals surface area contributed by atoms with E-state index >= 15 is 0 Å². The van der Waals surface area contributed by atoms with Crippen molar-refractivity contribution < 1.29 is 0 Å². The lowest BCUT2D eigenvalue weighted by Gasteiger charge is -2.27. The number of rotatable bonds is 10. The van der Waals surface area contributed by atoms with Crippen LogP contribution in [-0.2, 0) is 0 Å². The summed E-state index contributed by atoms with van der Waals surface area (Å²) in [6.45, 7) is 0. The predicted molar refractivity (Wildman–Crippen MR) is 303 cm³/mol. The maximum atomic E-state index is 2.43. The molecule has 0 saturated heterocycles. The maximum Gasteiger partial charge on any atom is 0.0475 e. The van der Waals surface area contributed by atoms with Gasteiger partial charge in [-0.15, -0.1) is 22.7 Å². The van der Waals surface area contributed by atoms with Crippen LogP contribution in [-0.4, -0.2) is 0 Å².